The molecule has 1 aromatic heterocycles. The van der Waals surface area contributed by atoms with Crippen molar-refractivity contribution in [2.24, 2.45) is 0 Å². The molecule has 0 aliphatic rings. The van der Waals surface area contributed by atoms with E-state index in [2.05, 4.69) is 28.6 Å². The van der Waals surface area contributed by atoms with Gasteiger partial charge in [-0.3, -0.25) is 0 Å². The molecule has 1 N–H and O–H groups in total. The Labute approximate surface area is 87.6 Å². The maximum absolute atomic E-state index is 9.41. The van der Waals surface area contributed by atoms with Gasteiger partial charge in [-0.15, -0.1) is 24.0 Å². The molecule has 2 rings (SSSR count). The molecule has 0 fully saturated rings. The Balaban J connectivity index is 2.97. The standard InChI is InChI=1S/C8H5BrOS2/c9-5-3-6(10)7(11)4-1-2-12-8(4)5/h1-3,10-11H. The summed E-state index contributed by atoms with van der Waals surface area (Å²) >= 11 is 9.22. The molecule has 1 aromatic carbocycles. The van der Waals surface area contributed by atoms with E-state index in [1.54, 1.807) is 17.4 Å². The molecule has 0 bridgehead atoms. The van der Waals surface area contributed by atoms with Crippen molar-refractivity contribution in [2.75, 3.05) is 0 Å². The first-order valence-electron chi connectivity index (χ1n) is 3.28. The highest BCUT2D eigenvalue weighted by Crippen LogP contribution is 2.38. The number of thiol groups is 1. The number of thiophene rings is 1. The van der Waals surface area contributed by atoms with Crippen molar-refractivity contribution in [1.29, 1.82) is 0 Å². The van der Waals surface area contributed by atoms with Crippen molar-refractivity contribution >= 4 is 50.0 Å². The van der Waals surface area contributed by atoms with E-state index >= 15 is 0 Å². The Kier molecular flexibility index (Phi) is 2.06. The van der Waals surface area contributed by atoms with Crippen LogP contribution in [-0.2, 0) is 0 Å². The summed E-state index contributed by atoms with van der Waals surface area (Å²) in [6.07, 6.45) is 0. The van der Waals surface area contributed by atoms with Gasteiger partial charge in [-0.2, -0.15) is 0 Å². The van der Waals surface area contributed by atoms with E-state index in [1.807, 2.05) is 11.4 Å². The average molecular weight is 261 g/mol. The summed E-state index contributed by atoms with van der Waals surface area (Å²) in [5, 5.41) is 12.4. The predicted molar refractivity (Wildman–Crippen MR) is 58.4 cm³/mol. The first-order valence-corrected chi connectivity index (χ1v) is 5.40. The van der Waals surface area contributed by atoms with E-state index < -0.39 is 0 Å². The lowest BCUT2D eigenvalue weighted by Gasteiger charge is -2.00. The van der Waals surface area contributed by atoms with E-state index in [0.29, 0.717) is 4.90 Å². The molecule has 0 saturated carbocycles. The van der Waals surface area contributed by atoms with E-state index in [1.165, 1.54) is 0 Å². The molecule has 0 atom stereocenters. The normalized spacial score (nSPS) is 10.8. The lowest BCUT2D eigenvalue weighted by Crippen LogP contribution is -1.72. The Morgan fingerprint density at radius 1 is 1.50 bits per heavy atom. The smallest absolute Gasteiger partial charge is 0.130 e. The third-order valence-electron chi connectivity index (χ3n) is 1.64. The summed E-state index contributed by atoms with van der Waals surface area (Å²) in [6, 6.07) is 3.62. The SMILES string of the molecule is Oc1cc(Br)c2sccc2c1S. The molecular formula is C8H5BrOS2. The highest BCUT2D eigenvalue weighted by atomic mass is 79.9. The van der Waals surface area contributed by atoms with Crippen molar-refractivity contribution in [3.63, 3.8) is 0 Å². The van der Waals surface area contributed by atoms with Crippen LogP contribution in [0.25, 0.3) is 10.1 Å². The molecule has 0 radical (unpaired) electrons. The maximum Gasteiger partial charge on any atom is 0.130 e. The first-order chi connectivity index (χ1) is 5.70. The van der Waals surface area contributed by atoms with Crippen LogP contribution in [0, 0.1) is 0 Å². The maximum atomic E-state index is 9.41. The minimum Gasteiger partial charge on any atom is -0.507 e. The monoisotopic (exact) mass is 260 g/mol. The summed E-state index contributed by atoms with van der Waals surface area (Å²) < 4.78 is 2.04. The van der Waals surface area contributed by atoms with Gasteiger partial charge in [-0.05, 0) is 33.4 Å². The second-order valence-electron chi connectivity index (χ2n) is 2.39. The van der Waals surface area contributed by atoms with Crippen LogP contribution in [0.5, 0.6) is 5.75 Å². The van der Waals surface area contributed by atoms with Crippen molar-refractivity contribution < 1.29 is 5.11 Å². The topological polar surface area (TPSA) is 20.2 Å². The molecule has 2 aromatic rings. The summed E-state index contributed by atoms with van der Waals surface area (Å²) in [5.41, 5.74) is 0. The largest absolute Gasteiger partial charge is 0.507 e. The number of aromatic hydroxyl groups is 1. The fraction of sp³-hybridized carbons (Fsp3) is 0. The predicted octanol–water partition coefficient (Wildman–Crippen LogP) is 3.66. The van der Waals surface area contributed by atoms with Gasteiger partial charge in [0.25, 0.3) is 0 Å². The van der Waals surface area contributed by atoms with Crippen molar-refractivity contribution in [3.8, 4) is 5.75 Å². The molecule has 0 aliphatic heterocycles. The fourth-order valence-corrected chi connectivity index (χ4v) is 2.92. The molecule has 12 heavy (non-hydrogen) atoms. The van der Waals surface area contributed by atoms with Gasteiger partial charge >= 0.3 is 0 Å². The highest BCUT2D eigenvalue weighted by Gasteiger charge is 2.07. The Bertz CT molecular complexity index is 436. The van der Waals surface area contributed by atoms with Crippen LogP contribution in [0.4, 0.5) is 0 Å². The molecule has 4 heteroatoms. The number of rotatable bonds is 0. The Morgan fingerprint density at radius 3 is 3.00 bits per heavy atom. The minimum absolute atomic E-state index is 0.219. The molecule has 0 amide bonds. The highest BCUT2D eigenvalue weighted by molar-refractivity contribution is 9.10. The quantitative estimate of drug-likeness (QED) is 0.693. The zero-order chi connectivity index (χ0) is 8.72. The zero-order valence-corrected chi connectivity index (χ0v) is 9.21. The van der Waals surface area contributed by atoms with Crippen molar-refractivity contribution in [1.82, 2.24) is 0 Å². The Hall–Kier alpha value is -0.190. The molecule has 0 unspecified atom stereocenters. The van der Waals surface area contributed by atoms with Crippen LogP contribution in [0.2, 0.25) is 0 Å². The van der Waals surface area contributed by atoms with Crippen LogP contribution < -0.4 is 0 Å². The van der Waals surface area contributed by atoms with Gasteiger partial charge in [0.1, 0.15) is 5.75 Å². The number of hydrogen-bond donors (Lipinski definition) is 2. The zero-order valence-electron chi connectivity index (χ0n) is 5.91. The van der Waals surface area contributed by atoms with Crippen LogP contribution >= 0.6 is 39.9 Å². The van der Waals surface area contributed by atoms with Crippen molar-refractivity contribution in [3.05, 3.63) is 22.0 Å². The van der Waals surface area contributed by atoms with Gasteiger partial charge in [0.2, 0.25) is 0 Å². The molecule has 62 valence electrons. The summed E-state index contributed by atoms with van der Waals surface area (Å²) in [6.45, 7) is 0. The van der Waals surface area contributed by atoms with Gasteiger partial charge in [0.05, 0.1) is 4.90 Å². The summed E-state index contributed by atoms with van der Waals surface area (Å²) in [5.74, 6) is 0.219. The van der Waals surface area contributed by atoms with Gasteiger partial charge in [0.15, 0.2) is 0 Å². The van der Waals surface area contributed by atoms with Crippen LogP contribution in [0.3, 0.4) is 0 Å². The van der Waals surface area contributed by atoms with Crippen LogP contribution in [-0.4, -0.2) is 5.11 Å². The number of hydrogen-bond acceptors (Lipinski definition) is 3. The summed E-state index contributed by atoms with van der Waals surface area (Å²) in [4.78, 5) is 0.648. The lowest BCUT2D eigenvalue weighted by atomic mass is 10.2. The molecule has 1 heterocycles. The minimum atomic E-state index is 0.219. The van der Waals surface area contributed by atoms with Gasteiger partial charge in [-0.25, -0.2) is 0 Å². The molecule has 0 aliphatic carbocycles. The van der Waals surface area contributed by atoms with E-state index in [-0.39, 0.29) is 5.75 Å². The number of halogens is 1. The van der Waals surface area contributed by atoms with E-state index in [9.17, 15) is 5.11 Å². The second-order valence-corrected chi connectivity index (χ2v) is 4.61. The van der Waals surface area contributed by atoms with E-state index in [4.69, 9.17) is 0 Å². The molecule has 1 nitrogen and oxygen atoms in total. The number of benzene rings is 1. The van der Waals surface area contributed by atoms with Crippen molar-refractivity contribution in [2.45, 2.75) is 4.90 Å². The fourth-order valence-electron chi connectivity index (χ4n) is 1.07. The first kappa shape index (κ1) is 8.41. The number of fused-ring (bicyclic) bond motifs is 1. The lowest BCUT2D eigenvalue weighted by molar-refractivity contribution is 0.464. The van der Waals surface area contributed by atoms with E-state index in [0.717, 1.165) is 14.6 Å². The van der Waals surface area contributed by atoms with Gasteiger partial charge < -0.3 is 5.11 Å². The third kappa shape index (κ3) is 1.14. The van der Waals surface area contributed by atoms with Crippen LogP contribution in [0.15, 0.2) is 26.9 Å². The molecular weight excluding hydrogens is 256 g/mol. The molecule has 0 spiro atoms. The van der Waals surface area contributed by atoms with Crippen LogP contribution in [0.1, 0.15) is 0 Å². The number of phenolic OH excluding ortho intramolecular Hbond substituents is 1. The number of phenols is 1. The average Bonchev–Trinajstić information content (AvgIpc) is 2.48. The molecule has 0 saturated heterocycles. The second kappa shape index (κ2) is 2.94. The third-order valence-corrected chi connectivity index (χ3v) is 3.95. The Morgan fingerprint density at radius 2 is 2.25 bits per heavy atom. The van der Waals surface area contributed by atoms with Gasteiger partial charge in [-0.1, -0.05) is 0 Å². The summed E-state index contributed by atoms with van der Waals surface area (Å²) in [7, 11) is 0. The van der Waals surface area contributed by atoms with Gasteiger partial charge in [0, 0.05) is 14.6 Å².